The van der Waals surface area contributed by atoms with Crippen LogP contribution in [0.1, 0.15) is 50.5 Å². The molecule has 4 rings (SSSR count). The molecule has 1 fully saturated rings. The van der Waals surface area contributed by atoms with Gasteiger partial charge < -0.3 is 14.2 Å². The largest absolute Gasteiger partial charge is 0.487 e. The number of esters is 1. The highest BCUT2D eigenvalue weighted by molar-refractivity contribution is 5.87. The molecule has 1 aromatic carbocycles. The van der Waals surface area contributed by atoms with E-state index in [4.69, 9.17) is 14.2 Å². The van der Waals surface area contributed by atoms with E-state index in [-0.39, 0.29) is 18.8 Å². The van der Waals surface area contributed by atoms with Crippen molar-refractivity contribution < 1.29 is 23.4 Å². The standard InChI is InChI=1S/C27H30FN3O4/c1-19(2)17-35-26(32)12-9-20-6-5-7-21(27(20)28)18-34-22-10-11-23(29-16-22)24-13-14-30-31(24)25-8-3-4-15-33-25/h5-7,9-14,16,19,25H,3-4,8,15,17-18H2,1-2H3/b12-9+. The molecule has 0 amide bonds. The zero-order valence-electron chi connectivity index (χ0n) is 20.0. The van der Waals surface area contributed by atoms with E-state index in [0.717, 1.165) is 37.3 Å². The van der Waals surface area contributed by atoms with Gasteiger partial charge in [-0.25, -0.2) is 13.9 Å². The fourth-order valence-corrected chi connectivity index (χ4v) is 3.74. The quantitative estimate of drug-likeness (QED) is 0.295. The maximum absolute atomic E-state index is 14.9. The van der Waals surface area contributed by atoms with Gasteiger partial charge in [-0.15, -0.1) is 0 Å². The number of carbonyl (C=O) groups excluding carboxylic acids is 1. The van der Waals surface area contributed by atoms with Crippen molar-refractivity contribution in [3.05, 3.63) is 71.8 Å². The molecule has 0 spiro atoms. The smallest absolute Gasteiger partial charge is 0.330 e. The van der Waals surface area contributed by atoms with Gasteiger partial charge in [-0.3, -0.25) is 4.98 Å². The first-order valence-corrected chi connectivity index (χ1v) is 11.9. The summed E-state index contributed by atoms with van der Waals surface area (Å²) in [4.78, 5) is 16.3. The van der Waals surface area contributed by atoms with Gasteiger partial charge in [0.2, 0.25) is 0 Å². The Labute approximate surface area is 204 Å². The van der Waals surface area contributed by atoms with Gasteiger partial charge in [0.05, 0.1) is 24.2 Å². The minimum atomic E-state index is -0.498. The number of carbonyl (C=O) groups is 1. The van der Waals surface area contributed by atoms with Crippen LogP contribution in [0, 0.1) is 11.7 Å². The molecule has 184 valence electrons. The molecule has 0 N–H and O–H groups in total. The molecule has 2 aromatic heterocycles. The number of aromatic nitrogens is 3. The molecule has 8 heteroatoms. The molecule has 1 unspecified atom stereocenters. The van der Waals surface area contributed by atoms with Crippen LogP contribution < -0.4 is 4.74 Å². The molecule has 1 atom stereocenters. The molecule has 0 radical (unpaired) electrons. The van der Waals surface area contributed by atoms with Gasteiger partial charge in [-0.1, -0.05) is 32.0 Å². The van der Waals surface area contributed by atoms with E-state index < -0.39 is 11.8 Å². The van der Waals surface area contributed by atoms with Crippen LogP contribution in [0.4, 0.5) is 4.39 Å². The fraction of sp³-hybridized carbons (Fsp3) is 0.370. The Bertz CT molecular complexity index is 1150. The summed E-state index contributed by atoms with van der Waals surface area (Å²) in [5, 5.41) is 4.42. The maximum atomic E-state index is 14.9. The maximum Gasteiger partial charge on any atom is 0.330 e. The van der Waals surface area contributed by atoms with Crippen molar-refractivity contribution in [1.82, 2.24) is 14.8 Å². The molecule has 3 heterocycles. The van der Waals surface area contributed by atoms with Crippen molar-refractivity contribution in [2.75, 3.05) is 13.2 Å². The number of pyridine rings is 1. The predicted octanol–water partition coefficient (Wildman–Crippen LogP) is 5.57. The van der Waals surface area contributed by atoms with Crippen molar-refractivity contribution >= 4 is 12.0 Å². The summed E-state index contributed by atoms with van der Waals surface area (Å²) >= 11 is 0. The van der Waals surface area contributed by atoms with E-state index in [1.807, 2.05) is 30.7 Å². The van der Waals surface area contributed by atoms with Crippen LogP contribution in [0.2, 0.25) is 0 Å². The Morgan fingerprint density at radius 2 is 2.14 bits per heavy atom. The number of rotatable bonds is 9. The Kier molecular flexibility index (Phi) is 8.26. The fourth-order valence-electron chi connectivity index (χ4n) is 3.74. The van der Waals surface area contributed by atoms with Gasteiger partial charge in [-0.05, 0) is 49.5 Å². The predicted molar refractivity (Wildman–Crippen MR) is 130 cm³/mol. The number of nitrogens with zero attached hydrogens (tertiary/aromatic N) is 3. The van der Waals surface area contributed by atoms with Gasteiger partial charge in [0, 0.05) is 30.0 Å². The summed E-state index contributed by atoms with van der Waals surface area (Å²) in [6.07, 6.45) is 9.03. The van der Waals surface area contributed by atoms with Crippen molar-refractivity contribution in [2.24, 2.45) is 5.92 Å². The molecular formula is C27H30FN3O4. The van der Waals surface area contributed by atoms with Crippen LogP contribution in [0.5, 0.6) is 5.75 Å². The molecule has 3 aromatic rings. The number of halogens is 1. The van der Waals surface area contributed by atoms with Crippen LogP contribution in [-0.4, -0.2) is 33.9 Å². The number of hydrogen-bond acceptors (Lipinski definition) is 6. The topological polar surface area (TPSA) is 75.5 Å². The van der Waals surface area contributed by atoms with Gasteiger partial charge >= 0.3 is 5.97 Å². The van der Waals surface area contributed by atoms with Crippen LogP contribution in [-0.2, 0) is 20.9 Å². The molecule has 0 saturated carbocycles. The first-order chi connectivity index (χ1) is 17.0. The Hall–Kier alpha value is -3.52. The monoisotopic (exact) mass is 479 g/mol. The normalized spacial score (nSPS) is 16.1. The molecule has 0 aliphatic carbocycles. The van der Waals surface area contributed by atoms with Crippen LogP contribution in [0.25, 0.3) is 17.5 Å². The Balaban J connectivity index is 1.38. The third-order valence-corrected chi connectivity index (χ3v) is 5.56. The highest BCUT2D eigenvalue weighted by Crippen LogP contribution is 2.28. The number of benzene rings is 1. The Morgan fingerprint density at radius 1 is 1.26 bits per heavy atom. The summed E-state index contributed by atoms with van der Waals surface area (Å²) < 4.78 is 33.5. The van der Waals surface area contributed by atoms with Crippen molar-refractivity contribution in [3.8, 4) is 17.1 Å². The van der Waals surface area contributed by atoms with Crippen LogP contribution in [0.15, 0.2) is 54.9 Å². The van der Waals surface area contributed by atoms with Crippen molar-refractivity contribution in [2.45, 2.75) is 45.9 Å². The minimum absolute atomic E-state index is 0.0280. The lowest BCUT2D eigenvalue weighted by atomic mass is 10.1. The van der Waals surface area contributed by atoms with E-state index in [0.29, 0.717) is 23.5 Å². The van der Waals surface area contributed by atoms with E-state index in [1.54, 1.807) is 36.7 Å². The van der Waals surface area contributed by atoms with Crippen LogP contribution >= 0.6 is 0 Å². The highest BCUT2D eigenvalue weighted by Gasteiger charge is 2.20. The van der Waals surface area contributed by atoms with Gasteiger partial charge in [0.15, 0.2) is 6.23 Å². The lowest BCUT2D eigenvalue weighted by Crippen LogP contribution is -2.20. The number of ether oxygens (including phenoxy) is 3. The zero-order valence-corrected chi connectivity index (χ0v) is 20.0. The molecule has 1 aliphatic heterocycles. The Morgan fingerprint density at radius 3 is 2.89 bits per heavy atom. The summed E-state index contributed by atoms with van der Waals surface area (Å²) in [5.41, 5.74) is 2.30. The second kappa shape index (κ2) is 11.8. The average Bonchev–Trinajstić information content (AvgIpc) is 3.37. The first-order valence-electron chi connectivity index (χ1n) is 11.9. The van der Waals surface area contributed by atoms with Gasteiger partial charge in [0.1, 0.15) is 18.2 Å². The third-order valence-electron chi connectivity index (χ3n) is 5.56. The van der Waals surface area contributed by atoms with Gasteiger partial charge in [0.25, 0.3) is 0 Å². The van der Waals surface area contributed by atoms with Crippen molar-refractivity contribution in [3.63, 3.8) is 0 Å². The van der Waals surface area contributed by atoms with E-state index in [1.165, 1.54) is 12.2 Å². The summed E-state index contributed by atoms with van der Waals surface area (Å²) in [6, 6.07) is 10.5. The van der Waals surface area contributed by atoms with Gasteiger partial charge in [-0.2, -0.15) is 5.10 Å². The van der Waals surface area contributed by atoms with Crippen LogP contribution in [0.3, 0.4) is 0 Å². The number of hydrogen-bond donors (Lipinski definition) is 0. The first kappa shape index (κ1) is 24.6. The highest BCUT2D eigenvalue weighted by atomic mass is 19.1. The molecule has 0 bridgehead atoms. The lowest BCUT2D eigenvalue weighted by molar-refractivity contribution is -0.138. The molecule has 35 heavy (non-hydrogen) atoms. The molecular weight excluding hydrogens is 449 g/mol. The van der Waals surface area contributed by atoms with E-state index in [9.17, 15) is 9.18 Å². The summed E-state index contributed by atoms with van der Waals surface area (Å²) in [6.45, 7) is 4.98. The van der Waals surface area contributed by atoms with E-state index >= 15 is 0 Å². The zero-order chi connectivity index (χ0) is 24.6. The lowest BCUT2D eigenvalue weighted by Gasteiger charge is -2.24. The second-order valence-corrected chi connectivity index (χ2v) is 8.83. The van der Waals surface area contributed by atoms with Crippen molar-refractivity contribution in [1.29, 1.82) is 0 Å². The minimum Gasteiger partial charge on any atom is -0.487 e. The molecule has 7 nitrogen and oxygen atoms in total. The molecule has 1 saturated heterocycles. The molecule has 1 aliphatic rings. The second-order valence-electron chi connectivity index (χ2n) is 8.83. The third kappa shape index (κ3) is 6.54. The summed E-state index contributed by atoms with van der Waals surface area (Å²) in [7, 11) is 0. The average molecular weight is 480 g/mol. The summed E-state index contributed by atoms with van der Waals surface area (Å²) in [5.74, 6) is -0.184. The SMILES string of the molecule is CC(C)COC(=O)/C=C/c1cccc(COc2ccc(-c3ccnn3C3CCCCO3)nc2)c1F. The van der Waals surface area contributed by atoms with E-state index in [2.05, 4.69) is 10.1 Å².